The van der Waals surface area contributed by atoms with E-state index >= 15 is 0 Å². The average Bonchev–Trinajstić information content (AvgIpc) is 3.36. The largest absolute Gasteiger partial charge is 0.396 e. The molecule has 9 heteroatoms. The number of aliphatic hydroxyl groups is 2. The molecule has 2 aliphatic rings. The van der Waals surface area contributed by atoms with Gasteiger partial charge in [0.1, 0.15) is 30.5 Å². The summed E-state index contributed by atoms with van der Waals surface area (Å²) in [4.78, 5) is 0. The molecule has 0 heterocycles. The molecule has 9 atom stereocenters. The van der Waals surface area contributed by atoms with E-state index in [0.717, 1.165) is 39.0 Å². The molecule has 0 amide bonds. The minimum absolute atomic E-state index is 0.221. The fourth-order valence-corrected chi connectivity index (χ4v) is 8.84. The SMILES string of the molecule is OC[C@H]1C[C@H](N[C@H]2C=C(COCc3ccccc3)[C@@H](OCc3ccccc3)[C@H](OCc3ccccc3)[C@H]2OCc2ccccc2)[C@H](OCc2ccccc2)[C@@H](OCc2ccccc2)[C@@H]1O. The zero-order valence-corrected chi connectivity index (χ0v) is 36.8. The maximum atomic E-state index is 11.9. The van der Waals surface area contributed by atoms with Crippen molar-refractivity contribution in [3.63, 3.8) is 0 Å². The standard InChI is InChI=1S/C56H61NO8/c58-33-47-31-49(53(62-36-43-23-11-3-12-24-43)55(51(47)59)64-38-45-27-15-5-16-28-45)57-50-32-48(40-60-34-41-19-7-1-8-20-41)52(61-35-42-21-9-2-10-22-42)56(65-39-46-29-17-6-18-30-46)54(50)63-37-44-25-13-4-14-26-44/h1-30,32,47,49-59H,31,33-40H2/t47-,49+,50+,51-,52-,53+,54+,55+,56+/m1/s1. The molecule has 338 valence electrons. The van der Waals surface area contributed by atoms with Crippen LogP contribution >= 0.6 is 0 Å². The third kappa shape index (κ3) is 13.2. The predicted octanol–water partition coefficient (Wildman–Crippen LogP) is 8.77. The van der Waals surface area contributed by atoms with Crippen molar-refractivity contribution in [2.45, 2.75) is 94.8 Å². The van der Waals surface area contributed by atoms with E-state index in [1.165, 1.54) is 0 Å². The molecule has 8 rings (SSSR count). The highest BCUT2D eigenvalue weighted by molar-refractivity contribution is 5.26. The Balaban J connectivity index is 1.17. The van der Waals surface area contributed by atoms with Gasteiger partial charge in [-0.2, -0.15) is 0 Å². The summed E-state index contributed by atoms with van der Waals surface area (Å²) in [6.07, 6.45) is -1.47. The number of ether oxygens (including phenoxy) is 6. The van der Waals surface area contributed by atoms with Crippen LogP contribution < -0.4 is 5.32 Å². The summed E-state index contributed by atoms with van der Waals surface area (Å²) in [6, 6.07) is 59.7. The lowest BCUT2D eigenvalue weighted by molar-refractivity contribution is -0.188. The van der Waals surface area contributed by atoms with Gasteiger partial charge in [-0.25, -0.2) is 0 Å². The van der Waals surface area contributed by atoms with Crippen molar-refractivity contribution in [1.82, 2.24) is 5.32 Å². The van der Waals surface area contributed by atoms with Gasteiger partial charge in [-0.1, -0.05) is 188 Å². The molecule has 0 unspecified atom stereocenters. The molecule has 9 nitrogen and oxygen atoms in total. The average molecular weight is 876 g/mol. The summed E-state index contributed by atoms with van der Waals surface area (Å²) >= 11 is 0. The Hall–Kier alpha value is -5.30. The Morgan fingerprint density at radius 3 is 1.22 bits per heavy atom. The minimum Gasteiger partial charge on any atom is -0.396 e. The van der Waals surface area contributed by atoms with Crippen molar-refractivity contribution in [1.29, 1.82) is 0 Å². The minimum atomic E-state index is -0.978. The Labute approximate surface area is 383 Å². The number of benzene rings is 6. The van der Waals surface area contributed by atoms with E-state index in [1.807, 2.05) is 133 Å². The first-order valence-electron chi connectivity index (χ1n) is 22.8. The molecule has 3 N–H and O–H groups in total. The van der Waals surface area contributed by atoms with Crippen LogP contribution in [0.25, 0.3) is 0 Å². The number of hydrogen-bond acceptors (Lipinski definition) is 9. The third-order valence-corrected chi connectivity index (χ3v) is 12.3. The van der Waals surface area contributed by atoms with Crippen molar-refractivity contribution in [2.75, 3.05) is 13.2 Å². The Kier molecular flexibility index (Phi) is 17.3. The van der Waals surface area contributed by atoms with E-state index in [2.05, 4.69) is 59.9 Å². The van der Waals surface area contributed by atoms with Crippen LogP contribution in [-0.4, -0.2) is 72.1 Å². The Bertz CT molecular complexity index is 2270. The Morgan fingerprint density at radius 1 is 0.415 bits per heavy atom. The van der Waals surface area contributed by atoms with Gasteiger partial charge in [0, 0.05) is 18.6 Å². The van der Waals surface area contributed by atoms with Crippen molar-refractivity contribution >= 4 is 0 Å². The molecule has 0 aliphatic heterocycles. The van der Waals surface area contributed by atoms with Crippen LogP contribution in [0.5, 0.6) is 0 Å². The van der Waals surface area contributed by atoms with E-state index in [1.54, 1.807) is 0 Å². The van der Waals surface area contributed by atoms with Gasteiger partial charge >= 0.3 is 0 Å². The van der Waals surface area contributed by atoms with Gasteiger partial charge in [0.2, 0.25) is 0 Å². The van der Waals surface area contributed by atoms with Gasteiger partial charge in [0.15, 0.2) is 0 Å². The van der Waals surface area contributed by atoms with Gasteiger partial charge in [0.25, 0.3) is 0 Å². The summed E-state index contributed by atoms with van der Waals surface area (Å²) in [5, 5.41) is 26.7. The van der Waals surface area contributed by atoms with Crippen LogP contribution in [0.3, 0.4) is 0 Å². The summed E-state index contributed by atoms with van der Waals surface area (Å²) in [7, 11) is 0. The zero-order valence-electron chi connectivity index (χ0n) is 36.8. The lowest BCUT2D eigenvalue weighted by atomic mass is 9.78. The van der Waals surface area contributed by atoms with E-state index in [0.29, 0.717) is 39.5 Å². The molecule has 6 aromatic rings. The lowest BCUT2D eigenvalue weighted by Crippen LogP contribution is -2.65. The van der Waals surface area contributed by atoms with E-state index in [4.69, 9.17) is 28.4 Å². The van der Waals surface area contributed by atoms with Gasteiger partial charge in [0.05, 0.1) is 58.4 Å². The number of nitrogens with one attached hydrogen (secondary N) is 1. The predicted molar refractivity (Wildman–Crippen MR) is 251 cm³/mol. The number of rotatable bonds is 22. The zero-order chi connectivity index (χ0) is 44.5. The molecular weight excluding hydrogens is 815 g/mol. The van der Waals surface area contributed by atoms with Crippen molar-refractivity contribution in [3.05, 3.63) is 227 Å². The topological polar surface area (TPSA) is 108 Å². The molecule has 0 radical (unpaired) electrons. The number of aliphatic hydroxyl groups excluding tert-OH is 2. The second kappa shape index (κ2) is 24.3. The highest BCUT2D eigenvalue weighted by Gasteiger charge is 2.49. The van der Waals surface area contributed by atoms with Gasteiger partial charge < -0.3 is 44.0 Å². The maximum Gasteiger partial charge on any atom is 0.116 e. The maximum absolute atomic E-state index is 11.9. The normalized spacial score (nSPS) is 24.3. The smallest absolute Gasteiger partial charge is 0.116 e. The molecule has 1 fully saturated rings. The van der Waals surface area contributed by atoms with Gasteiger partial charge in [-0.15, -0.1) is 0 Å². The first kappa shape index (κ1) is 46.2. The van der Waals surface area contributed by atoms with Gasteiger partial charge in [-0.05, 0) is 45.4 Å². The molecule has 0 spiro atoms. The molecule has 0 aromatic heterocycles. The van der Waals surface area contributed by atoms with Gasteiger partial charge in [-0.3, -0.25) is 0 Å². The first-order chi connectivity index (χ1) is 32.1. The van der Waals surface area contributed by atoms with Crippen LogP contribution in [0.2, 0.25) is 0 Å². The van der Waals surface area contributed by atoms with Crippen LogP contribution in [0.4, 0.5) is 0 Å². The number of hydrogen-bond donors (Lipinski definition) is 3. The molecule has 0 bridgehead atoms. The summed E-state index contributed by atoms with van der Waals surface area (Å²) in [5.74, 6) is -0.484. The summed E-state index contributed by atoms with van der Waals surface area (Å²) in [6.45, 7) is 2.05. The van der Waals surface area contributed by atoms with Crippen LogP contribution in [0.1, 0.15) is 39.8 Å². The highest BCUT2D eigenvalue weighted by atomic mass is 16.6. The Morgan fingerprint density at radius 2 is 0.785 bits per heavy atom. The lowest BCUT2D eigenvalue weighted by Gasteiger charge is -2.48. The van der Waals surface area contributed by atoms with Crippen LogP contribution in [0, 0.1) is 5.92 Å². The van der Waals surface area contributed by atoms with Crippen molar-refractivity contribution in [3.8, 4) is 0 Å². The van der Waals surface area contributed by atoms with E-state index in [-0.39, 0.29) is 19.8 Å². The van der Waals surface area contributed by atoms with Crippen molar-refractivity contribution in [2.24, 2.45) is 5.92 Å². The van der Waals surface area contributed by atoms with E-state index in [9.17, 15) is 10.2 Å². The van der Waals surface area contributed by atoms with E-state index < -0.39 is 54.6 Å². The fraction of sp³-hybridized carbons (Fsp3) is 0.321. The molecule has 65 heavy (non-hydrogen) atoms. The molecule has 2 aliphatic carbocycles. The summed E-state index contributed by atoms with van der Waals surface area (Å²) < 4.78 is 41.1. The first-order valence-corrected chi connectivity index (χ1v) is 22.8. The fourth-order valence-electron chi connectivity index (χ4n) is 8.84. The monoisotopic (exact) mass is 875 g/mol. The third-order valence-electron chi connectivity index (χ3n) is 12.3. The summed E-state index contributed by atoms with van der Waals surface area (Å²) in [5.41, 5.74) is 7.04. The molecule has 0 saturated heterocycles. The quantitative estimate of drug-likeness (QED) is 0.0578. The molecule has 1 saturated carbocycles. The molecular formula is C56H61NO8. The second-order valence-electron chi connectivity index (χ2n) is 16.9. The van der Waals surface area contributed by atoms with Crippen LogP contribution in [-0.2, 0) is 68.1 Å². The highest BCUT2D eigenvalue weighted by Crippen LogP contribution is 2.35. The molecule has 6 aromatic carbocycles. The van der Waals surface area contributed by atoms with Crippen LogP contribution in [0.15, 0.2) is 194 Å². The van der Waals surface area contributed by atoms with Crippen molar-refractivity contribution < 1.29 is 38.6 Å². The second-order valence-corrected chi connectivity index (χ2v) is 16.9.